The lowest BCUT2D eigenvalue weighted by Crippen LogP contribution is -2.53. The smallest absolute Gasteiger partial charge is 0.355 e. The van der Waals surface area contributed by atoms with E-state index >= 15 is 0 Å². The molecule has 0 saturated carbocycles. The van der Waals surface area contributed by atoms with E-state index in [2.05, 4.69) is 67.4 Å². The van der Waals surface area contributed by atoms with Crippen LogP contribution in [0.25, 0.3) is 0 Å². The number of halogens is 6. The molecule has 9 aliphatic heterocycles. The molecule has 6 fully saturated rings. The number of nitrogens with zero attached hydrogens (tertiary/aromatic N) is 20. The number of Topliss-reactive ketones (excluding diaryl/α,β-unsaturated/α-hetero) is 1. The normalized spacial score (nSPS) is 20.6. The number of urea groups is 3. The Bertz CT molecular complexity index is 6170. The quantitative estimate of drug-likeness (QED) is 0.0213. The molecule has 15 heterocycles. The number of carboxylic acid groups (broad SMARTS) is 1. The Morgan fingerprint density at radius 1 is 0.511 bits per heavy atom. The molecule has 5 N–H and O–H groups in total. The van der Waals surface area contributed by atoms with E-state index in [1.807, 2.05) is 39.8 Å². The van der Waals surface area contributed by atoms with Crippen molar-refractivity contribution in [2.45, 2.75) is 70.1 Å². The van der Waals surface area contributed by atoms with Crippen molar-refractivity contribution in [3.63, 3.8) is 0 Å². The molecule has 6 amide bonds. The first-order chi connectivity index (χ1) is 62.9. The number of anilines is 3. The molecule has 3 aromatic carbocycles. The summed E-state index contributed by atoms with van der Waals surface area (Å²) < 4.78 is 60.6. The number of hydrogen-bond donors (Lipinski definition) is 5. The monoisotopic (exact) mass is 1930 g/mol. The maximum atomic E-state index is 14.0. The summed E-state index contributed by atoms with van der Waals surface area (Å²) in [7, 11) is 3.88. The Hall–Kier alpha value is -12.3. The number of carbonyl (C=O) groups is 8. The van der Waals surface area contributed by atoms with Crippen molar-refractivity contribution in [2.24, 2.45) is 20.4 Å². The number of aliphatic imine (C=N–C) groups is 3. The molecule has 6 saturated heterocycles. The van der Waals surface area contributed by atoms with Crippen LogP contribution >= 0.6 is 80.1 Å². The Morgan fingerprint density at radius 3 is 1.20 bits per heavy atom. The fourth-order valence-corrected chi connectivity index (χ4v) is 20.1. The zero-order chi connectivity index (χ0) is 92.5. The fourth-order valence-electron chi connectivity index (χ4n) is 16.7. The molecule has 0 unspecified atom stereocenters. The van der Waals surface area contributed by atoms with Crippen LogP contribution in [0.4, 0.5) is 44.3 Å². The van der Waals surface area contributed by atoms with E-state index in [0.717, 1.165) is 11.3 Å². The van der Waals surface area contributed by atoms with E-state index in [0.29, 0.717) is 188 Å². The molecule has 0 radical (unpaired) electrons. The van der Waals surface area contributed by atoms with Crippen LogP contribution in [-0.2, 0) is 46.5 Å². The van der Waals surface area contributed by atoms with Gasteiger partial charge in [-0.2, -0.15) is 10.2 Å². The molecule has 46 heteroatoms. The number of esters is 3. The number of carbonyl (C=O) groups excluding carboxylic acids is 7. The number of ether oxygens (including phenoxy) is 3. The standard InChI is InChI=1S/C31H34ClFN8O4S.C28H28ClFN8O4S.C26H23ClFN7O5S2/c1-18(42)31(2,3)17-39-9-7-24(37-39)41-15-20-14-38(10-11-40(20)30(41)44)16-23-25(29(43)45-4)26(21-6-5-19(33)13-22(21)32)36-27(35-23)28-34-8-12-46-28;1-16(39)12-36-7-5-22(34-36)38-14-18-13-35(8-9-37(18)28(38)41)15-21-23(27(40)42-2)24(19-4-3-17(30)11-20(19)29)33-25(32-21)26-31-6-10-43-26;1-40-24(38)19-17(30-21(22-29-4-7-41-22)32-20(19)15-3-2-13(28)8-16(15)27)11-33-5-6-34-14(9-33)10-35(26(34)39)25-31-18(12-42-25)23(36)37/h5-9,12-13,20,26,42H,1,10-11,14-17H2,2-4H3,(H,35,36);3-7,10-11,18,24H,8-9,12-15H2,1-2H3,(H,32,33);2-4,7-8,12,14,20H,5-6,9-11H2,1H3,(H,30,32)(H,36,37)/t20-,26-;18-,24-;14-,20-/m000/s1. The summed E-state index contributed by atoms with van der Waals surface area (Å²) >= 11 is 24.6. The predicted molar refractivity (Wildman–Crippen MR) is 484 cm³/mol. The van der Waals surface area contributed by atoms with Crippen molar-refractivity contribution in [3.05, 3.63) is 235 Å². The van der Waals surface area contributed by atoms with Crippen LogP contribution in [0.1, 0.15) is 81.1 Å². The topological polar surface area (TPSA) is 394 Å². The lowest BCUT2D eigenvalue weighted by molar-refractivity contribution is -0.137. The van der Waals surface area contributed by atoms with Crippen LogP contribution in [0.5, 0.6) is 0 Å². The molecule has 6 aromatic heterocycles. The van der Waals surface area contributed by atoms with Crippen LogP contribution in [0.2, 0.25) is 15.1 Å². The molecular weight excluding hydrogens is 1840 g/mol. The van der Waals surface area contributed by atoms with Gasteiger partial charge in [0.15, 0.2) is 60.8 Å². The molecule has 6 atom stereocenters. The summed E-state index contributed by atoms with van der Waals surface area (Å²) in [6, 6.07) is 12.0. The number of aliphatic hydroxyl groups is 1. The number of aliphatic hydroxyl groups excluding tert-OH is 1. The van der Waals surface area contributed by atoms with Gasteiger partial charge >= 0.3 is 42.0 Å². The number of nitrogens with one attached hydrogen (secondary N) is 3. The average Bonchev–Trinajstić information content (AvgIpc) is 1.47. The largest absolute Gasteiger partial charge is 0.512 e. The van der Waals surface area contributed by atoms with Gasteiger partial charge in [0, 0.05) is 197 Å². The van der Waals surface area contributed by atoms with Crippen LogP contribution < -0.4 is 30.7 Å². The second-order valence-corrected chi connectivity index (χ2v) is 36.9. The minimum Gasteiger partial charge on any atom is -0.512 e. The summed E-state index contributed by atoms with van der Waals surface area (Å²) in [5.74, 6) is -2.00. The molecule has 0 aliphatic carbocycles. The lowest BCUT2D eigenvalue weighted by atomic mass is 9.92. The summed E-state index contributed by atoms with van der Waals surface area (Å²) in [6.07, 6.45) is 8.45. The molecule has 36 nitrogen and oxygen atoms in total. The SMILES string of the molecule is C=C(O)C(C)(C)Cn1ccc(N2C[C@@H]3CN(CC4=C(C(=O)OC)[C@H](c5ccc(F)cc5Cl)N=C(c5nccs5)N4)CCN3C2=O)n1.COC(=O)C1=C(CN2CCN3C(=O)N(c4ccn(CC(C)=O)n4)C[C@@H]3C2)NC(c2nccs2)=N[C@H]1c1ccc(F)cc1Cl.COC(=O)C1=C(CN2CCN3C(=O)N(c4nc(C(=O)O)cs4)C[C@@H]3C2)NC(c2nccs2)=N[C@H]1c1ccc(F)cc1Cl. The van der Waals surface area contributed by atoms with E-state index < -0.39 is 64.9 Å². The van der Waals surface area contributed by atoms with Gasteiger partial charge in [0.1, 0.15) is 35.6 Å². The van der Waals surface area contributed by atoms with Crippen LogP contribution in [0, 0.1) is 22.9 Å². The van der Waals surface area contributed by atoms with Gasteiger partial charge in [0.25, 0.3) is 0 Å². The number of benzene rings is 3. The third-order valence-electron chi connectivity index (χ3n) is 23.2. The number of rotatable bonds is 24. The third-order valence-corrected chi connectivity index (χ3v) is 27.4. The Morgan fingerprint density at radius 2 is 0.870 bits per heavy atom. The highest BCUT2D eigenvalue weighted by atomic mass is 35.5. The maximum absolute atomic E-state index is 14.0. The highest BCUT2D eigenvalue weighted by Crippen LogP contribution is 2.43. The van der Waals surface area contributed by atoms with E-state index in [4.69, 9.17) is 64.0 Å². The number of aromatic carboxylic acids is 1. The number of amides is 6. The van der Waals surface area contributed by atoms with Crippen LogP contribution in [0.3, 0.4) is 0 Å². The van der Waals surface area contributed by atoms with Gasteiger partial charge in [0.05, 0.1) is 94.7 Å². The summed E-state index contributed by atoms with van der Waals surface area (Å²) in [5.41, 5.74) is 3.12. The summed E-state index contributed by atoms with van der Waals surface area (Å²) in [6.45, 7) is 16.2. The number of piperazine rings is 3. The fraction of sp³-hybridized carbons (Fsp3) is 0.353. The average molecular weight is 1930 g/mol. The first kappa shape index (κ1) is 92.0. The third kappa shape index (κ3) is 19.7. The second kappa shape index (κ2) is 39.0. The molecule has 9 aromatic rings. The van der Waals surface area contributed by atoms with Crippen molar-refractivity contribution in [1.29, 1.82) is 0 Å². The number of methoxy groups -OCH3 is 3. The number of thiazole rings is 4. The lowest BCUT2D eigenvalue weighted by Gasteiger charge is -2.38. The molecular formula is C85H85Cl3F3N23O13S4. The number of ketones is 1. The zero-order valence-electron chi connectivity index (χ0n) is 71.0. The molecule has 18 rings (SSSR count). The number of carboxylic acids is 1. The number of allylic oxidation sites excluding steroid dienone is 1. The molecule has 0 spiro atoms. The van der Waals surface area contributed by atoms with E-state index in [9.17, 15) is 61.7 Å². The predicted octanol–water partition coefficient (Wildman–Crippen LogP) is 10.5. The van der Waals surface area contributed by atoms with E-state index in [1.54, 1.807) is 62.5 Å². The van der Waals surface area contributed by atoms with Gasteiger partial charge in [-0.15, -0.1) is 45.3 Å². The number of aromatic nitrogens is 8. The van der Waals surface area contributed by atoms with Crippen molar-refractivity contribution >= 4 is 162 Å². The van der Waals surface area contributed by atoms with Crippen molar-refractivity contribution in [3.8, 4) is 0 Å². The van der Waals surface area contributed by atoms with Crippen LogP contribution in [-0.4, -0.2) is 282 Å². The van der Waals surface area contributed by atoms with Crippen molar-refractivity contribution in [2.75, 3.05) is 134 Å². The number of amidine groups is 3. The van der Waals surface area contributed by atoms with Gasteiger partial charge in [-0.05, 0) is 43.3 Å². The minimum absolute atomic E-state index is 0.0283. The summed E-state index contributed by atoms with van der Waals surface area (Å²) in [5, 5.41) is 47.5. The van der Waals surface area contributed by atoms with Gasteiger partial charge in [0.2, 0.25) is 0 Å². The number of hydrogen-bond acceptors (Lipinski definition) is 31. The second-order valence-electron chi connectivity index (χ2n) is 32.2. The van der Waals surface area contributed by atoms with Gasteiger partial charge in [-0.1, -0.05) is 73.4 Å². The Balaban J connectivity index is 0.000000144. The highest BCUT2D eigenvalue weighted by molar-refractivity contribution is 7.14. The van der Waals surface area contributed by atoms with Gasteiger partial charge in [-0.3, -0.25) is 58.5 Å². The van der Waals surface area contributed by atoms with E-state index in [-0.39, 0.29) is 91.8 Å². The Labute approximate surface area is 777 Å². The van der Waals surface area contributed by atoms with Gasteiger partial charge < -0.3 is 55.1 Å². The summed E-state index contributed by atoms with van der Waals surface area (Å²) in [4.78, 5) is 151. The van der Waals surface area contributed by atoms with Crippen LogP contribution in [0.15, 0.2) is 180 Å². The molecule has 0 bridgehead atoms. The zero-order valence-corrected chi connectivity index (χ0v) is 76.5. The minimum atomic E-state index is -1.15. The van der Waals surface area contributed by atoms with Crippen molar-refractivity contribution < 1.29 is 76.0 Å². The molecule has 9 aliphatic rings. The van der Waals surface area contributed by atoms with Gasteiger partial charge in [-0.25, -0.2) is 66.7 Å². The molecule has 684 valence electrons. The Kier molecular flexibility index (Phi) is 27.4. The maximum Gasteiger partial charge on any atom is 0.355 e. The molecule has 131 heavy (non-hydrogen) atoms. The number of fused-ring (bicyclic) bond motifs is 3. The first-order valence-electron chi connectivity index (χ1n) is 41.0. The van der Waals surface area contributed by atoms with Crippen molar-refractivity contribution in [1.82, 2.24) is 84.8 Å². The van der Waals surface area contributed by atoms with E-state index in [1.165, 1.54) is 132 Å². The first-order valence-corrected chi connectivity index (χ1v) is 45.6. The highest BCUT2D eigenvalue weighted by Gasteiger charge is 2.48.